The first-order chi connectivity index (χ1) is 10.6. The van der Waals surface area contributed by atoms with Crippen LogP contribution in [0, 0.1) is 0 Å². The Bertz CT molecular complexity index is 816. The molecule has 110 valence electrons. The molecule has 2 heterocycles. The first-order valence-electron chi connectivity index (χ1n) is 6.87. The molecule has 3 aromatic rings. The minimum absolute atomic E-state index is 0.0788. The molecule has 0 atom stereocenters. The lowest BCUT2D eigenvalue weighted by Crippen LogP contribution is -2.12. The van der Waals surface area contributed by atoms with Gasteiger partial charge in [-0.1, -0.05) is 6.07 Å². The van der Waals surface area contributed by atoms with Crippen molar-refractivity contribution in [2.24, 2.45) is 0 Å². The number of hydrogen-bond donors (Lipinski definition) is 2. The van der Waals surface area contributed by atoms with Crippen molar-refractivity contribution in [2.45, 2.75) is 6.92 Å². The van der Waals surface area contributed by atoms with Crippen LogP contribution in [-0.2, 0) is 0 Å². The number of aromatic nitrogens is 2. The number of benzene rings is 1. The third-order valence-corrected chi connectivity index (χ3v) is 3.34. The minimum Gasteiger partial charge on any atom is -0.356 e. The van der Waals surface area contributed by atoms with Gasteiger partial charge in [-0.3, -0.25) is 9.59 Å². The highest BCUT2D eigenvalue weighted by Crippen LogP contribution is 2.16. The summed E-state index contributed by atoms with van der Waals surface area (Å²) in [7, 11) is 0. The average molecular weight is 293 g/mol. The zero-order valence-electron chi connectivity index (χ0n) is 12.0. The molecule has 5 heteroatoms. The zero-order chi connectivity index (χ0) is 15.5. The number of amides is 1. The van der Waals surface area contributed by atoms with Crippen LogP contribution in [0.2, 0.25) is 0 Å². The molecule has 22 heavy (non-hydrogen) atoms. The smallest absolute Gasteiger partial charge is 0.272 e. The Morgan fingerprint density at radius 2 is 1.86 bits per heavy atom. The highest BCUT2D eigenvalue weighted by molar-refractivity contribution is 6.05. The second kappa shape index (κ2) is 5.73. The molecule has 0 aliphatic rings. The van der Waals surface area contributed by atoms with Crippen LogP contribution >= 0.6 is 0 Å². The van der Waals surface area contributed by atoms with Gasteiger partial charge in [0, 0.05) is 35.5 Å². The number of Topliss-reactive ketones (excluding diaryl/α,β-unsaturated/α-hetero) is 1. The van der Waals surface area contributed by atoms with E-state index in [2.05, 4.69) is 10.3 Å². The van der Waals surface area contributed by atoms with E-state index in [1.807, 2.05) is 53.4 Å². The van der Waals surface area contributed by atoms with Gasteiger partial charge in [0.25, 0.3) is 5.91 Å². The molecule has 0 radical (unpaired) electrons. The summed E-state index contributed by atoms with van der Waals surface area (Å²) in [5.41, 5.74) is 2.50. The molecule has 0 fully saturated rings. The molecule has 2 N–H and O–H groups in total. The second-order valence-corrected chi connectivity index (χ2v) is 4.95. The van der Waals surface area contributed by atoms with Gasteiger partial charge in [0.2, 0.25) is 0 Å². The van der Waals surface area contributed by atoms with E-state index in [0.717, 1.165) is 5.69 Å². The number of rotatable bonds is 4. The number of aromatic amines is 1. The number of anilines is 1. The molecule has 0 spiro atoms. The maximum atomic E-state index is 12.2. The summed E-state index contributed by atoms with van der Waals surface area (Å²) in [4.78, 5) is 26.3. The number of hydrogen-bond acceptors (Lipinski definition) is 2. The third kappa shape index (κ3) is 2.83. The van der Waals surface area contributed by atoms with Crippen molar-refractivity contribution < 1.29 is 9.59 Å². The van der Waals surface area contributed by atoms with Crippen molar-refractivity contribution in [3.63, 3.8) is 0 Å². The Labute approximate surface area is 127 Å². The van der Waals surface area contributed by atoms with Crippen LogP contribution in [0.15, 0.2) is 61.1 Å². The fourth-order valence-electron chi connectivity index (χ4n) is 2.18. The highest BCUT2D eigenvalue weighted by Gasteiger charge is 2.11. The zero-order valence-corrected chi connectivity index (χ0v) is 12.0. The Hall–Kier alpha value is -3.08. The molecule has 3 rings (SSSR count). The van der Waals surface area contributed by atoms with Crippen molar-refractivity contribution in [3.8, 4) is 5.69 Å². The van der Waals surface area contributed by atoms with Crippen LogP contribution in [0.4, 0.5) is 5.69 Å². The van der Waals surface area contributed by atoms with Crippen molar-refractivity contribution in [3.05, 3.63) is 72.3 Å². The van der Waals surface area contributed by atoms with Crippen molar-refractivity contribution in [1.29, 1.82) is 0 Å². The molecular weight excluding hydrogens is 278 g/mol. The number of nitrogens with one attached hydrogen (secondary N) is 2. The average Bonchev–Trinajstić information content (AvgIpc) is 3.19. The van der Waals surface area contributed by atoms with Gasteiger partial charge in [-0.2, -0.15) is 0 Å². The maximum absolute atomic E-state index is 12.2. The van der Waals surface area contributed by atoms with Crippen LogP contribution in [0.3, 0.4) is 0 Å². The maximum Gasteiger partial charge on any atom is 0.272 e. The molecule has 5 nitrogen and oxygen atoms in total. The van der Waals surface area contributed by atoms with Crippen LogP contribution in [0.25, 0.3) is 5.69 Å². The van der Waals surface area contributed by atoms with Gasteiger partial charge in [-0.15, -0.1) is 0 Å². The molecule has 0 saturated heterocycles. The Balaban J connectivity index is 1.79. The molecule has 0 saturated carbocycles. The van der Waals surface area contributed by atoms with Gasteiger partial charge < -0.3 is 14.9 Å². The van der Waals surface area contributed by atoms with Crippen LogP contribution in [-0.4, -0.2) is 21.2 Å². The number of nitrogens with zero attached hydrogens (tertiary/aromatic N) is 1. The molecule has 1 amide bonds. The van der Waals surface area contributed by atoms with E-state index in [1.165, 1.54) is 13.1 Å². The molecule has 2 aromatic heterocycles. The third-order valence-electron chi connectivity index (χ3n) is 3.34. The molecule has 0 unspecified atom stereocenters. The van der Waals surface area contributed by atoms with E-state index < -0.39 is 0 Å². The summed E-state index contributed by atoms with van der Waals surface area (Å²) in [6, 6.07) is 13.0. The lowest BCUT2D eigenvalue weighted by molar-refractivity contribution is 0.101. The standard InChI is InChI=1S/C17H15N3O2/c1-12(21)13-9-16(18-11-13)17(22)19-14-5-4-6-15(10-14)20-7-2-3-8-20/h2-11,18H,1H3,(H,19,22). The van der Waals surface area contributed by atoms with Gasteiger partial charge in [-0.05, 0) is 43.3 Å². The first kappa shape index (κ1) is 13.9. The fraction of sp³-hybridized carbons (Fsp3) is 0.0588. The number of carbonyl (C=O) groups is 2. The summed E-state index contributed by atoms with van der Waals surface area (Å²) in [5, 5.41) is 2.82. The Morgan fingerprint density at radius 3 is 2.55 bits per heavy atom. The molecular formula is C17H15N3O2. The van der Waals surface area contributed by atoms with E-state index in [-0.39, 0.29) is 11.7 Å². The van der Waals surface area contributed by atoms with E-state index in [4.69, 9.17) is 0 Å². The van der Waals surface area contributed by atoms with E-state index in [1.54, 1.807) is 6.07 Å². The minimum atomic E-state index is -0.280. The molecule has 1 aromatic carbocycles. The number of H-pyrrole nitrogens is 1. The van der Waals surface area contributed by atoms with E-state index in [9.17, 15) is 9.59 Å². The SMILES string of the molecule is CC(=O)c1c[nH]c(C(=O)Nc2cccc(-n3cccc3)c2)c1. The number of ketones is 1. The van der Waals surface area contributed by atoms with Crippen LogP contribution in [0.5, 0.6) is 0 Å². The number of carbonyl (C=O) groups excluding carboxylic acids is 2. The van der Waals surface area contributed by atoms with Crippen LogP contribution in [0.1, 0.15) is 27.8 Å². The topological polar surface area (TPSA) is 66.9 Å². The normalized spacial score (nSPS) is 10.4. The summed E-state index contributed by atoms with van der Waals surface area (Å²) in [6.45, 7) is 1.46. The monoisotopic (exact) mass is 293 g/mol. The highest BCUT2D eigenvalue weighted by atomic mass is 16.2. The summed E-state index contributed by atoms with van der Waals surface area (Å²) in [6.07, 6.45) is 5.41. The molecule has 0 bridgehead atoms. The van der Waals surface area contributed by atoms with Crippen molar-refractivity contribution >= 4 is 17.4 Å². The van der Waals surface area contributed by atoms with E-state index >= 15 is 0 Å². The molecule has 0 aliphatic carbocycles. The van der Waals surface area contributed by atoms with Crippen molar-refractivity contribution in [2.75, 3.05) is 5.32 Å². The van der Waals surface area contributed by atoms with Gasteiger partial charge >= 0.3 is 0 Å². The summed E-state index contributed by atoms with van der Waals surface area (Å²) < 4.78 is 1.96. The quantitative estimate of drug-likeness (QED) is 0.725. The Kier molecular flexibility index (Phi) is 3.62. The molecule has 0 aliphatic heterocycles. The fourth-order valence-corrected chi connectivity index (χ4v) is 2.18. The predicted octanol–water partition coefficient (Wildman–Crippen LogP) is 3.26. The van der Waals surface area contributed by atoms with Crippen molar-refractivity contribution in [1.82, 2.24) is 9.55 Å². The van der Waals surface area contributed by atoms with Gasteiger partial charge in [0.1, 0.15) is 5.69 Å². The summed E-state index contributed by atoms with van der Waals surface area (Å²) >= 11 is 0. The lowest BCUT2D eigenvalue weighted by Gasteiger charge is -2.07. The first-order valence-corrected chi connectivity index (χ1v) is 6.87. The summed E-state index contributed by atoms with van der Waals surface area (Å²) in [5.74, 6) is -0.359. The van der Waals surface area contributed by atoms with Gasteiger partial charge in [0.05, 0.1) is 0 Å². The lowest BCUT2D eigenvalue weighted by atomic mass is 10.2. The van der Waals surface area contributed by atoms with Gasteiger partial charge in [0.15, 0.2) is 5.78 Å². The second-order valence-electron chi connectivity index (χ2n) is 4.95. The predicted molar refractivity (Wildman–Crippen MR) is 84.5 cm³/mol. The Morgan fingerprint density at radius 1 is 1.09 bits per heavy atom. The van der Waals surface area contributed by atoms with Crippen LogP contribution < -0.4 is 5.32 Å². The largest absolute Gasteiger partial charge is 0.356 e. The van der Waals surface area contributed by atoms with Gasteiger partial charge in [-0.25, -0.2) is 0 Å². The van der Waals surface area contributed by atoms with E-state index in [0.29, 0.717) is 16.9 Å².